The molecule has 0 spiro atoms. The first kappa shape index (κ1) is 21.6. The van der Waals surface area contributed by atoms with E-state index in [0.29, 0.717) is 54.2 Å². The Morgan fingerprint density at radius 1 is 1.09 bits per heavy atom. The summed E-state index contributed by atoms with van der Waals surface area (Å²) >= 11 is 12.4. The largest absolute Gasteiger partial charge is 0.364 e. The van der Waals surface area contributed by atoms with Crippen molar-refractivity contribution in [1.29, 1.82) is 0 Å². The quantitative estimate of drug-likeness (QED) is 0.379. The van der Waals surface area contributed by atoms with Gasteiger partial charge >= 0.3 is 0 Å². The third-order valence-electron chi connectivity index (χ3n) is 6.03. The number of aromatic amines is 1. The van der Waals surface area contributed by atoms with Crippen LogP contribution in [-0.2, 0) is 5.54 Å². The van der Waals surface area contributed by atoms with Gasteiger partial charge in [0.15, 0.2) is 5.65 Å². The molecule has 168 valence electrons. The highest BCUT2D eigenvalue weighted by Crippen LogP contribution is 2.37. The number of nitrogens with one attached hydrogen (secondary N) is 1. The maximum absolute atomic E-state index is 12.4. The van der Waals surface area contributed by atoms with Crippen LogP contribution in [0.4, 0.5) is 5.95 Å². The highest BCUT2D eigenvalue weighted by molar-refractivity contribution is 6.43. The Kier molecular flexibility index (Phi) is 5.40. The number of anilines is 1. The van der Waals surface area contributed by atoms with E-state index in [2.05, 4.69) is 25.1 Å². The van der Waals surface area contributed by atoms with E-state index in [9.17, 15) is 4.79 Å². The molecule has 1 aliphatic rings. The minimum absolute atomic E-state index is 0.0513. The van der Waals surface area contributed by atoms with Gasteiger partial charge in [0.25, 0.3) is 5.91 Å². The Morgan fingerprint density at radius 3 is 2.52 bits per heavy atom. The van der Waals surface area contributed by atoms with Crippen LogP contribution in [0.2, 0.25) is 10.2 Å². The number of halogens is 2. The van der Waals surface area contributed by atoms with Crippen molar-refractivity contribution < 1.29 is 4.79 Å². The molecule has 1 saturated heterocycles. The Morgan fingerprint density at radius 2 is 1.82 bits per heavy atom. The highest BCUT2D eigenvalue weighted by Gasteiger charge is 2.34. The maximum atomic E-state index is 12.4. The van der Waals surface area contributed by atoms with Crippen LogP contribution in [-0.4, -0.2) is 44.1 Å². The van der Waals surface area contributed by atoms with Crippen molar-refractivity contribution in [2.45, 2.75) is 18.4 Å². The molecule has 0 unspecified atom stereocenters. The number of fused-ring (bicyclic) bond motifs is 1. The van der Waals surface area contributed by atoms with Crippen LogP contribution in [0.3, 0.4) is 0 Å². The van der Waals surface area contributed by atoms with Gasteiger partial charge in [-0.1, -0.05) is 53.5 Å². The fraction of sp³-hybridized carbons (Fsp3) is 0.227. The Balaban J connectivity index is 1.51. The van der Waals surface area contributed by atoms with Crippen molar-refractivity contribution in [2.75, 3.05) is 18.0 Å². The lowest BCUT2D eigenvalue weighted by Gasteiger charge is -2.39. The molecule has 4 heterocycles. The molecule has 0 aliphatic carbocycles. The average molecular weight is 483 g/mol. The molecule has 1 fully saturated rings. The lowest BCUT2D eigenvalue weighted by molar-refractivity contribution is 0.0997. The van der Waals surface area contributed by atoms with E-state index in [1.54, 1.807) is 6.07 Å². The number of pyridine rings is 1. The Hall–Kier alpha value is -3.27. The normalized spacial score (nSPS) is 15.7. The van der Waals surface area contributed by atoms with Crippen molar-refractivity contribution in [2.24, 2.45) is 11.5 Å². The molecular weight excluding hydrogens is 463 g/mol. The number of carbonyl (C=O) groups is 1. The van der Waals surface area contributed by atoms with Gasteiger partial charge in [-0.3, -0.25) is 9.89 Å². The van der Waals surface area contributed by atoms with E-state index < -0.39 is 11.4 Å². The number of hydrogen-bond acceptors (Lipinski definition) is 7. The van der Waals surface area contributed by atoms with Gasteiger partial charge in [-0.05, 0) is 24.5 Å². The number of aromatic nitrogens is 5. The van der Waals surface area contributed by atoms with Crippen molar-refractivity contribution in [1.82, 2.24) is 25.1 Å². The van der Waals surface area contributed by atoms with Crippen LogP contribution < -0.4 is 16.4 Å². The standard InChI is InChI=1S/C22H20Cl2N8O/c23-15-13(6-9-27-18(15)24)16-14-17(19(25)33)28-21(29-20(14)31-30-16)32-10-7-22(26,8-11-32)12-4-2-1-3-5-12/h1-6,9H,7-8,10-11,26H2,(H2,25,33)(H,28,29,30,31). The molecule has 11 heteroatoms. The van der Waals surface area contributed by atoms with Crippen LogP contribution >= 0.6 is 23.2 Å². The molecule has 9 nitrogen and oxygen atoms in total. The van der Waals surface area contributed by atoms with Crippen LogP contribution in [0.5, 0.6) is 0 Å². The average Bonchev–Trinajstić information content (AvgIpc) is 3.25. The van der Waals surface area contributed by atoms with Crippen LogP contribution in [0, 0.1) is 0 Å². The highest BCUT2D eigenvalue weighted by atomic mass is 35.5. The van der Waals surface area contributed by atoms with E-state index in [0.717, 1.165) is 5.56 Å². The van der Waals surface area contributed by atoms with Gasteiger partial charge in [0, 0.05) is 30.4 Å². The third kappa shape index (κ3) is 3.78. The van der Waals surface area contributed by atoms with Gasteiger partial charge in [0.05, 0.1) is 10.4 Å². The summed E-state index contributed by atoms with van der Waals surface area (Å²) in [6.07, 6.45) is 2.93. The first-order chi connectivity index (χ1) is 15.9. The number of amides is 1. The van der Waals surface area contributed by atoms with Crippen LogP contribution in [0.15, 0.2) is 42.6 Å². The minimum atomic E-state index is -0.697. The summed E-state index contributed by atoms with van der Waals surface area (Å²) in [6.45, 7) is 1.25. The molecule has 4 aromatic rings. The fourth-order valence-electron chi connectivity index (χ4n) is 4.20. The summed E-state index contributed by atoms with van der Waals surface area (Å²) in [7, 11) is 0. The topological polar surface area (TPSA) is 140 Å². The number of piperidine rings is 1. The Labute approximate surface area is 199 Å². The van der Waals surface area contributed by atoms with E-state index >= 15 is 0 Å². The minimum Gasteiger partial charge on any atom is -0.364 e. The number of nitrogens with zero attached hydrogens (tertiary/aromatic N) is 5. The number of carbonyl (C=O) groups excluding carboxylic acids is 1. The smallest absolute Gasteiger partial charge is 0.268 e. The first-order valence-corrected chi connectivity index (χ1v) is 11.1. The van der Waals surface area contributed by atoms with E-state index in [1.807, 2.05) is 35.2 Å². The van der Waals surface area contributed by atoms with E-state index in [-0.39, 0.29) is 15.9 Å². The molecule has 0 bridgehead atoms. The SMILES string of the molecule is NC(=O)c1nc(N2CCC(N)(c3ccccc3)CC2)nc2[nH]nc(-c3ccnc(Cl)c3Cl)c12. The number of hydrogen-bond donors (Lipinski definition) is 3. The summed E-state index contributed by atoms with van der Waals surface area (Å²) in [5.41, 5.74) is 14.4. The summed E-state index contributed by atoms with van der Waals surface area (Å²) < 4.78 is 0. The lowest BCUT2D eigenvalue weighted by Crippen LogP contribution is -2.48. The van der Waals surface area contributed by atoms with Crippen molar-refractivity contribution in [3.63, 3.8) is 0 Å². The summed E-state index contributed by atoms with van der Waals surface area (Å²) in [4.78, 5) is 27.4. The molecule has 1 amide bonds. The molecule has 0 radical (unpaired) electrons. The van der Waals surface area contributed by atoms with Crippen molar-refractivity contribution in [3.8, 4) is 11.3 Å². The van der Waals surface area contributed by atoms with Gasteiger partial charge in [-0.15, -0.1) is 0 Å². The van der Waals surface area contributed by atoms with Crippen molar-refractivity contribution >= 4 is 46.1 Å². The molecule has 5 N–H and O–H groups in total. The van der Waals surface area contributed by atoms with Gasteiger partial charge in [-0.25, -0.2) is 9.97 Å². The van der Waals surface area contributed by atoms with Crippen LogP contribution in [0.25, 0.3) is 22.3 Å². The zero-order valence-electron chi connectivity index (χ0n) is 17.4. The van der Waals surface area contributed by atoms with Crippen molar-refractivity contribution in [3.05, 3.63) is 64.0 Å². The predicted octanol–water partition coefficient (Wildman–Crippen LogP) is 3.28. The van der Waals surface area contributed by atoms with Crippen LogP contribution in [0.1, 0.15) is 28.9 Å². The van der Waals surface area contributed by atoms with Gasteiger partial charge in [-0.2, -0.15) is 10.1 Å². The number of benzene rings is 1. The summed E-state index contributed by atoms with van der Waals surface area (Å²) in [6, 6.07) is 11.7. The van der Waals surface area contributed by atoms with E-state index in [1.165, 1.54) is 6.20 Å². The molecule has 5 rings (SSSR count). The van der Waals surface area contributed by atoms with Gasteiger partial charge in [0.2, 0.25) is 5.95 Å². The molecular formula is C22H20Cl2N8O. The second-order valence-electron chi connectivity index (χ2n) is 8.00. The summed E-state index contributed by atoms with van der Waals surface area (Å²) in [5.74, 6) is -0.308. The molecule has 3 aromatic heterocycles. The molecule has 1 aliphatic heterocycles. The molecule has 1 aromatic carbocycles. The maximum Gasteiger partial charge on any atom is 0.268 e. The number of primary amides is 1. The van der Waals surface area contributed by atoms with E-state index in [4.69, 9.17) is 34.7 Å². The number of rotatable bonds is 4. The molecule has 33 heavy (non-hydrogen) atoms. The zero-order chi connectivity index (χ0) is 23.2. The molecule has 0 atom stereocenters. The number of nitrogens with two attached hydrogens (primary N) is 2. The first-order valence-electron chi connectivity index (χ1n) is 10.3. The second kappa shape index (κ2) is 8.26. The predicted molar refractivity (Wildman–Crippen MR) is 127 cm³/mol. The third-order valence-corrected chi connectivity index (χ3v) is 6.80. The second-order valence-corrected chi connectivity index (χ2v) is 8.74. The van der Waals surface area contributed by atoms with Gasteiger partial charge in [0.1, 0.15) is 16.5 Å². The number of H-pyrrole nitrogens is 1. The Bertz CT molecular complexity index is 1350. The zero-order valence-corrected chi connectivity index (χ0v) is 18.9. The van der Waals surface area contributed by atoms with Gasteiger partial charge < -0.3 is 16.4 Å². The summed E-state index contributed by atoms with van der Waals surface area (Å²) in [5, 5.41) is 7.90. The lowest BCUT2D eigenvalue weighted by atomic mass is 9.82. The fourth-order valence-corrected chi connectivity index (χ4v) is 4.56. The monoisotopic (exact) mass is 482 g/mol. The molecule has 0 saturated carbocycles.